The molecule has 0 bridgehead atoms. The van der Waals surface area contributed by atoms with Crippen LogP contribution in [0.25, 0.3) is 0 Å². The van der Waals surface area contributed by atoms with Gasteiger partial charge >= 0.3 is 0 Å². The van der Waals surface area contributed by atoms with Gasteiger partial charge in [0.1, 0.15) is 5.82 Å². The smallest absolute Gasteiger partial charge is 0.208 e. The van der Waals surface area contributed by atoms with Gasteiger partial charge in [-0.05, 0) is 36.9 Å². The topological polar surface area (TPSA) is 48.2 Å². The number of hydrogen-bond donors (Lipinski definition) is 1. The molecular weight excluding hydrogens is 213 g/mol. The normalized spacial score (nSPS) is 10.9. The first-order valence-electron chi connectivity index (χ1n) is 4.20. The van der Waals surface area contributed by atoms with Crippen LogP contribution in [0.2, 0.25) is 0 Å². The van der Waals surface area contributed by atoms with Gasteiger partial charge in [-0.1, -0.05) is 11.8 Å². The first kappa shape index (κ1) is 11.5. The number of benzene rings is 1. The largest absolute Gasteiger partial charge is 0.334 e. The average molecular weight is 223 g/mol. The number of nitriles is 1. The fourth-order valence-corrected chi connectivity index (χ4v) is 1.45. The van der Waals surface area contributed by atoms with E-state index < -0.39 is 0 Å². The molecular formula is C10H10FN3S. The van der Waals surface area contributed by atoms with Crippen molar-refractivity contribution in [2.45, 2.75) is 6.92 Å². The fourth-order valence-electron chi connectivity index (χ4n) is 1.10. The number of halogens is 1. The van der Waals surface area contributed by atoms with E-state index >= 15 is 0 Å². The molecule has 0 aromatic heterocycles. The molecule has 1 N–H and O–H groups in total. The van der Waals surface area contributed by atoms with Crippen LogP contribution in [0.1, 0.15) is 5.56 Å². The van der Waals surface area contributed by atoms with Crippen LogP contribution in [0.5, 0.6) is 0 Å². The van der Waals surface area contributed by atoms with E-state index in [-0.39, 0.29) is 5.82 Å². The van der Waals surface area contributed by atoms with Crippen LogP contribution in [-0.2, 0) is 0 Å². The number of anilines is 1. The molecule has 5 heteroatoms. The van der Waals surface area contributed by atoms with E-state index in [1.807, 2.05) is 0 Å². The molecule has 0 spiro atoms. The molecule has 1 aromatic carbocycles. The van der Waals surface area contributed by atoms with Gasteiger partial charge in [0.2, 0.25) is 6.19 Å². The molecule has 0 aliphatic carbocycles. The lowest BCUT2D eigenvalue weighted by atomic mass is 10.2. The second-order valence-corrected chi connectivity index (χ2v) is 3.66. The van der Waals surface area contributed by atoms with Crippen molar-refractivity contribution in [3.63, 3.8) is 0 Å². The quantitative estimate of drug-likeness (QED) is 0.452. The lowest BCUT2D eigenvalue weighted by Crippen LogP contribution is -2.07. The molecule has 0 radical (unpaired) electrons. The summed E-state index contributed by atoms with van der Waals surface area (Å²) in [6, 6.07) is 4.58. The third-order valence-corrected chi connectivity index (χ3v) is 2.22. The summed E-state index contributed by atoms with van der Waals surface area (Å²) in [6.45, 7) is 1.80. The van der Waals surface area contributed by atoms with E-state index in [1.165, 1.54) is 23.9 Å². The van der Waals surface area contributed by atoms with E-state index in [0.717, 1.165) is 5.56 Å². The Labute approximate surface area is 92.0 Å². The third kappa shape index (κ3) is 3.60. The molecule has 0 fully saturated rings. The van der Waals surface area contributed by atoms with Gasteiger partial charge in [0.15, 0.2) is 5.17 Å². The van der Waals surface area contributed by atoms with Crippen molar-refractivity contribution in [2.75, 3.05) is 11.6 Å². The second kappa shape index (κ2) is 5.37. The first-order valence-corrected chi connectivity index (χ1v) is 5.43. The van der Waals surface area contributed by atoms with Gasteiger partial charge in [0.05, 0.1) is 0 Å². The van der Waals surface area contributed by atoms with E-state index in [9.17, 15) is 4.39 Å². The molecule has 0 saturated heterocycles. The van der Waals surface area contributed by atoms with Crippen molar-refractivity contribution < 1.29 is 4.39 Å². The van der Waals surface area contributed by atoms with Crippen molar-refractivity contribution in [3.05, 3.63) is 29.6 Å². The molecule has 0 unspecified atom stereocenters. The number of nitrogens with zero attached hydrogens (tertiary/aromatic N) is 2. The number of thioether (sulfide) groups is 1. The second-order valence-electron chi connectivity index (χ2n) is 2.86. The summed E-state index contributed by atoms with van der Waals surface area (Å²) < 4.78 is 13.0. The summed E-state index contributed by atoms with van der Waals surface area (Å²) in [6.07, 6.45) is 3.47. The Balaban J connectivity index is 2.89. The molecule has 0 amide bonds. The van der Waals surface area contributed by atoms with Gasteiger partial charge in [-0.15, -0.1) is 4.99 Å². The Morgan fingerprint density at radius 3 is 2.80 bits per heavy atom. The highest BCUT2D eigenvalue weighted by Gasteiger charge is 2.01. The zero-order valence-electron chi connectivity index (χ0n) is 8.41. The van der Waals surface area contributed by atoms with Gasteiger partial charge in [0.25, 0.3) is 0 Å². The summed E-state index contributed by atoms with van der Waals surface area (Å²) in [7, 11) is 0. The van der Waals surface area contributed by atoms with Gasteiger partial charge in [-0.25, -0.2) is 4.39 Å². The summed E-state index contributed by atoms with van der Waals surface area (Å²) in [5.41, 5.74) is 1.41. The van der Waals surface area contributed by atoms with Crippen molar-refractivity contribution in [1.82, 2.24) is 0 Å². The number of aliphatic imine (C=N–C) groups is 1. The summed E-state index contributed by atoms with van der Waals surface area (Å²) >= 11 is 1.29. The molecule has 78 valence electrons. The maximum absolute atomic E-state index is 13.0. The van der Waals surface area contributed by atoms with Crippen LogP contribution in [-0.4, -0.2) is 11.4 Å². The molecule has 0 saturated carbocycles. The number of hydrogen-bond acceptors (Lipinski definition) is 3. The van der Waals surface area contributed by atoms with E-state index in [4.69, 9.17) is 5.26 Å². The SMILES string of the molecule is CS/C(=N\C#N)Nc1cc(C)cc(F)c1. The Morgan fingerprint density at radius 2 is 2.27 bits per heavy atom. The average Bonchev–Trinajstić information content (AvgIpc) is 2.15. The van der Waals surface area contributed by atoms with Crippen LogP contribution < -0.4 is 5.32 Å². The van der Waals surface area contributed by atoms with E-state index in [1.54, 1.807) is 25.4 Å². The molecule has 0 aliphatic rings. The molecule has 3 nitrogen and oxygen atoms in total. The lowest BCUT2D eigenvalue weighted by molar-refractivity contribution is 0.627. The summed E-state index contributed by atoms with van der Waals surface area (Å²) in [5.74, 6) is -0.310. The number of amidine groups is 1. The maximum atomic E-state index is 13.0. The van der Waals surface area contributed by atoms with Crippen LogP contribution in [0.4, 0.5) is 10.1 Å². The summed E-state index contributed by atoms with van der Waals surface area (Å²) in [5, 5.41) is 11.7. The van der Waals surface area contributed by atoms with Crippen molar-refractivity contribution >= 4 is 22.6 Å². The highest BCUT2D eigenvalue weighted by atomic mass is 32.2. The Bertz CT molecular complexity index is 403. The molecule has 0 atom stereocenters. The van der Waals surface area contributed by atoms with Gasteiger partial charge in [0, 0.05) is 5.69 Å². The van der Waals surface area contributed by atoms with Gasteiger partial charge in [-0.2, -0.15) is 5.26 Å². The van der Waals surface area contributed by atoms with E-state index in [2.05, 4.69) is 10.3 Å². The summed E-state index contributed by atoms with van der Waals surface area (Å²) in [4.78, 5) is 3.55. The van der Waals surface area contributed by atoms with Gasteiger partial charge < -0.3 is 5.32 Å². The standard InChI is InChI=1S/C10H10FN3S/c1-7-3-8(11)5-9(4-7)14-10(15-2)13-6-12/h3-5H,1-2H3,(H,13,14). The van der Waals surface area contributed by atoms with E-state index in [0.29, 0.717) is 10.9 Å². The minimum Gasteiger partial charge on any atom is -0.334 e. The van der Waals surface area contributed by atoms with Crippen molar-refractivity contribution in [1.29, 1.82) is 5.26 Å². The van der Waals surface area contributed by atoms with Crippen LogP contribution >= 0.6 is 11.8 Å². The minimum absolute atomic E-state index is 0.310. The van der Waals surface area contributed by atoms with Crippen LogP contribution in [0.3, 0.4) is 0 Å². The Morgan fingerprint density at radius 1 is 1.53 bits per heavy atom. The minimum atomic E-state index is -0.310. The Hall–Kier alpha value is -1.54. The third-order valence-electron chi connectivity index (χ3n) is 1.64. The van der Waals surface area contributed by atoms with Crippen LogP contribution in [0.15, 0.2) is 23.2 Å². The zero-order valence-corrected chi connectivity index (χ0v) is 9.23. The molecule has 0 heterocycles. The fraction of sp³-hybridized carbons (Fsp3) is 0.200. The highest BCUT2D eigenvalue weighted by molar-refractivity contribution is 8.13. The lowest BCUT2D eigenvalue weighted by Gasteiger charge is -2.06. The number of aryl methyl sites for hydroxylation is 1. The number of rotatable bonds is 1. The molecule has 1 aromatic rings. The predicted octanol–water partition coefficient (Wildman–Crippen LogP) is 2.75. The molecule has 1 rings (SSSR count). The number of nitrogens with one attached hydrogen (secondary N) is 1. The van der Waals surface area contributed by atoms with Gasteiger partial charge in [-0.3, -0.25) is 0 Å². The molecule has 0 aliphatic heterocycles. The molecule has 15 heavy (non-hydrogen) atoms. The highest BCUT2D eigenvalue weighted by Crippen LogP contribution is 2.15. The first-order chi connectivity index (χ1) is 7.15. The van der Waals surface area contributed by atoms with Crippen molar-refractivity contribution in [2.24, 2.45) is 4.99 Å². The Kier molecular flexibility index (Phi) is 4.13. The monoisotopic (exact) mass is 223 g/mol. The van der Waals surface area contributed by atoms with Crippen molar-refractivity contribution in [3.8, 4) is 6.19 Å². The zero-order chi connectivity index (χ0) is 11.3. The maximum Gasteiger partial charge on any atom is 0.208 e. The van der Waals surface area contributed by atoms with Crippen LogP contribution in [0, 0.1) is 24.2 Å². The predicted molar refractivity (Wildman–Crippen MR) is 61.3 cm³/mol.